The van der Waals surface area contributed by atoms with Crippen molar-refractivity contribution in [1.29, 1.82) is 0 Å². The van der Waals surface area contributed by atoms with Gasteiger partial charge in [-0.25, -0.2) is 0 Å². The third-order valence-electron chi connectivity index (χ3n) is 13.3. The summed E-state index contributed by atoms with van der Waals surface area (Å²) in [6, 6.07) is 0. The first-order chi connectivity index (χ1) is 24.2. The van der Waals surface area contributed by atoms with Gasteiger partial charge in [-0.05, 0) is 144 Å². The van der Waals surface area contributed by atoms with E-state index in [0.29, 0.717) is 25.7 Å². The molecule has 0 bridgehead atoms. The van der Waals surface area contributed by atoms with Crippen molar-refractivity contribution in [2.24, 2.45) is 29.1 Å². The summed E-state index contributed by atoms with van der Waals surface area (Å²) >= 11 is 0. The number of carbonyl (C=O) groups excluding carboxylic acids is 4. The van der Waals surface area contributed by atoms with Gasteiger partial charge in [0.15, 0.2) is 0 Å². The summed E-state index contributed by atoms with van der Waals surface area (Å²) in [5, 5.41) is 10.6. The number of rotatable bonds is 12. The van der Waals surface area contributed by atoms with Gasteiger partial charge < -0.3 is 34.9 Å². The summed E-state index contributed by atoms with van der Waals surface area (Å²) in [7, 11) is 2.01. The lowest BCUT2D eigenvalue weighted by atomic mass is 9.85. The highest BCUT2D eigenvalue weighted by Gasteiger charge is 2.55. The first-order valence-corrected chi connectivity index (χ1v) is 20.0. The third kappa shape index (κ3) is 9.46. The molecule has 4 aliphatic rings. The van der Waals surface area contributed by atoms with Gasteiger partial charge in [-0.15, -0.1) is 0 Å². The summed E-state index contributed by atoms with van der Waals surface area (Å²) in [6.07, 6.45) is 2.26. The van der Waals surface area contributed by atoms with Crippen LogP contribution in [0.5, 0.6) is 0 Å². The molecule has 4 heterocycles. The largest absolute Gasteiger partial charge is 0.464 e. The van der Waals surface area contributed by atoms with Gasteiger partial charge in [0.05, 0.1) is 23.7 Å². The van der Waals surface area contributed by atoms with Crippen LogP contribution in [0.2, 0.25) is 0 Å². The van der Waals surface area contributed by atoms with E-state index in [1.807, 2.05) is 62.4 Å². The molecule has 0 aromatic rings. The predicted molar refractivity (Wildman–Crippen MR) is 208 cm³/mol. The fourth-order valence-corrected chi connectivity index (χ4v) is 10.3. The van der Waals surface area contributed by atoms with Crippen molar-refractivity contribution in [3.8, 4) is 0 Å². The average molecular weight is 763 g/mol. The number of hydrogen-bond donors (Lipinski definition) is 3. The maximum atomic E-state index is 14.1. The highest BCUT2D eigenvalue weighted by molar-refractivity contribution is 5.77. The first kappa shape index (κ1) is 44.4. The van der Waals surface area contributed by atoms with Crippen LogP contribution in [-0.4, -0.2) is 107 Å². The maximum Gasteiger partial charge on any atom is 0.310 e. The van der Waals surface area contributed by atoms with E-state index in [0.717, 1.165) is 0 Å². The van der Waals surface area contributed by atoms with Crippen molar-refractivity contribution >= 4 is 23.9 Å². The molecule has 4 atom stereocenters. The first-order valence-electron chi connectivity index (χ1n) is 20.0. The Labute approximate surface area is 325 Å². The molecule has 4 fully saturated rings. The maximum absolute atomic E-state index is 14.1. The van der Waals surface area contributed by atoms with Crippen LogP contribution in [-0.2, 0) is 38.1 Å². The molecule has 0 radical (unpaired) electrons. The highest BCUT2D eigenvalue weighted by Crippen LogP contribution is 2.45. The van der Waals surface area contributed by atoms with E-state index in [4.69, 9.17) is 18.9 Å². The predicted octanol–water partition coefficient (Wildman–Crippen LogP) is 5.15. The Bertz CT molecular complexity index is 1330. The molecule has 0 aromatic heterocycles. The minimum Gasteiger partial charge on any atom is -0.464 e. The van der Waals surface area contributed by atoms with Crippen LogP contribution in [0.25, 0.3) is 0 Å². The van der Waals surface area contributed by atoms with Crippen LogP contribution in [0.15, 0.2) is 0 Å². The monoisotopic (exact) mass is 763 g/mol. The number of carbonyl (C=O) groups is 4. The van der Waals surface area contributed by atoms with E-state index in [1.54, 1.807) is 0 Å². The summed E-state index contributed by atoms with van der Waals surface area (Å²) in [5.41, 5.74) is -4.60. The molecule has 0 aliphatic carbocycles. The molecular formula is C42H74N4O8. The Kier molecular flexibility index (Phi) is 11.7. The molecular weight excluding hydrogens is 688 g/mol. The summed E-state index contributed by atoms with van der Waals surface area (Å²) in [5.74, 6) is -3.50. The molecule has 12 nitrogen and oxygen atoms in total. The van der Waals surface area contributed by atoms with Crippen molar-refractivity contribution in [1.82, 2.24) is 20.9 Å². The zero-order valence-corrected chi connectivity index (χ0v) is 36.7. The second-order valence-corrected chi connectivity index (χ2v) is 22.2. The lowest BCUT2D eigenvalue weighted by Crippen LogP contribution is -2.50. The van der Waals surface area contributed by atoms with Crippen molar-refractivity contribution in [2.75, 3.05) is 33.5 Å². The zero-order chi connectivity index (χ0) is 41.3. The number of nitrogens with zero attached hydrogens (tertiary/aromatic N) is 1. The Hall–Kier alpha value is -2.28. The molecule has 54 heavy (non-hydrogen) atoms. The van der Waals surface area contributed by atoms with Gasteiger partial charge in [0.1, 0.15) is 31.8 Å². The second-order valence-electron chi connectivity index (χ2n) is 22.2. The minimum atomic E-state index is -1.39. The Balaban J connectivity index is 1.67. The molecule has 0 amide bonds. The molecule has 310 valence electrons. The number of ether oxygens (including phenoxy) is 4. The quantitative estimate of drug-likeness (QED) is 0.179. The molecule has 3 N–H and O–H groups in total. The molecule has 4 rings (SSSR count). The van der Waals surface area contributed by atoms with E-state index in [1.165, 1.54) is 0 Å². The number of esters is 4. The summed E-state index contributed by atoms with van der Waals surface area (Å²) in [6.45, 7) is 31.3. The lowest BCUT2D eigenvalue weighted by Gasteiger charge is -2.38. The van der Waals surface area contributed by atoms with Crippen molar-refractivity contribution in [3.05, 3.63) is 0 Å². The van der Waals surface area contributed by atoms with Gasteiger partial charge in [0.25, 0.3) is 0 Å². The molecule has 0 aromatic carbocycles. The normalized spacial score (nSPS) is 32.0. The molecule has 12 heteroatoms. The number of nitrogens with one attached hydrogen (secondary N) is 3. The van der Waals surface area contributed by atoms with Crippen LogP contribution in [0.1, 0.15) is 136 Å². The van der Waals surface area contributed by atoms with Crippen molar-refractivity contribution in [2.45, 2.75) is 181 Å². The van der Waals surface area contributed by atoms with E-state index in [9.17, 15) is 19.2 Å². The van der Waals surface area contributed by atoms with Crippen LogP contribution < -0.4 is 16.0 Å². The second kappa shape index (κ2) is 14.3. The van der Waals surface area contributed by atoms with Gasteiger partial charge >= 0.3 is 23.9 Å². The van der Waals surface area contributed by atoms with Gasteiger partial charge in [0, 0.05) is 44.3 Å². The van der Waals surface area contributed by atoms with E-state index in [-0.39, 0.29) is 48.6 Å². The van der Waals surface area contributed by atoms with Crippen LogP contribution in [0.4, 0.5) is 0 Å². The van der Waals surface area contributed by atoms with Gasteiger partial charge in [-0.3, -0.25) is 24.1 Å². The smallest absolute Gasteiger partial charge is 0.310 e. The van der Waals surface area contributed by atoms with Gasteiger partial charge in [-0.2, -0.15) is 0 Å². The molecule has 4 unspecified atom stereocenters. The summed E-state index contributed by atoms with van der Waals surface area (Å²) < 4.78 is 24.6. The molecule has 0 saturated carbocycles. The van der Waals surface area contributed by atoms with Crippen molar-refractivity contribution in [3.63, 3.8) is 0 Å². The Morgan fingerprint density at radius 2 is 0.741 bits per heavy atom. The molecule has 4 aliphatic heterocycles. The van der Waals surface area contributed by atoms with Crippen molar-refractivity contribution < 1.29 is 38.1 Å². The van der Waals surface area contributed by atoms with Crippen LogP contribution in [0.3, 0.4) is 0 Å². The number of likely N-dealkylation sites (tertiary alicyclic amines) is 1. The summed E-state index contributed by atoms with van der Waals surface area (Å²) in [4.78, 5) is 58.1. The minimum absolute atomic E-state index is 0.243. The SMILES string of the molecule is CN1C(C)(C)CC(C(=O)OCC(COC(=O)C2CC(C)(C)NC2(C)C)(COC(=O)C2CC(C)(C)NC2(C)C)COC(=O)C2CC(C)(C)NC2(C)C)C1(C)C. The van der Waals surface area contributed by atoms with E-state index >= 15 is 0 Å². The third-order valence-corrected chi connectivity index (χ3v) is 13.3. The van der Waals surface area contributed by atoms with E-state index < -0.39 is 75.1 Å². The lowest BCUT2D eigenvalue weighted by molar-refractivity contribution is -0.177. The fourth-order valence-electron chi connectivity index (χ4n) is 10.3. The van der Waals surface area contributed by atoms with Crippen LogP contribution in [0, 0.1) is 29.1 Å². The molecule has 0 spiro atoms. The standard InChI is InChI=1S/C42H74N4O8/c1-34(2)18-26(38(9,10)43-34)30(47)51-22-42(23-52-31(48)27-19-35(3,4)44-39(27,11)12,24-53-32(49)28-20-36(5,6)45-40(28,13)14)25-54-33(50)29-21-37(7,8)46(17)41(29,15)16/h26-29,43-45H,18-25H2,1-17H3. The number of hydrogen-bond acceptors (Lipinski definition) is 12. The zero-order valence-electron chi connectivity index (χ0n) is 36.7. The Morgan fingerprint density at radius 3 is 0.944 bits per heavy atom. The Morgan fingerprint density at radius 1 is 0.481 bits per heavy atom. The van der Waals surface area contributed by atoms with Gasteiger partial charge in [-0.1, -0.05) is 0 Å². The fraction of sp³-hybridized carbons (Fsp3) is 0.905. The topological polar surface area (TPSA) is 145 Å². The van der Waals surface area contributed by atoms with E-state index in [2.05, 4.69) is 76.2 Å². The van der Waals surface area contributed by atoms with Gasteiger partial charge in [0.2, 0.25) is 0 Å². The average Bonchev–Trinajstić information content (AvgIpc) is 3.54. The molecule has 4 saturated heterocycles. The van der Waals surface area contributed by atoms with Crippen LogP contribution >= 0.6 is 0 Å². The highest BCUT2D eigenvalue weighted by atomic mass is 16.6.